The summed E-state index contributed by atoms with van der Waals surface area (Å²) in [5, 5.41) is 10.1. The number of hydrogen-bond donors (Lipinski definition) is 2. The van der Waals surface area contributed by atoms with E-state index in [9.17, 15) is 14.4 Å². The van der Waals surface area contributed by atoms with Gasteiger partial charge in [0.15, 0.2) is 0 Å². The summed E-state index contributed by atoms with van der Waals surface area (Å²) in [5.74, 6) is -0.290. The molecule has 2 N–H and O–H groups in total. The maximum Gasteiger partial charge on any atom is 0.272 e. The number of carbonyl (C=O) groups excluding carboxylic acids is 3. The Morgan fingerprint density at radius 1 is 1.19 bits per heavy atom. The first kappa shape index (κ1) is 22.5. The van der Waals surface area contributed by atoms with Crippen molar-refractivity contribution in [1.29, 1.82) is 0 Å². The standard InChI is InChI=1S/C23H31N5O3/c1-15(2)19-12-18(26-28(19)23(3,4)5)21(30)25-13-16-6-8-17(9-7-16)22(31)27-11-10-24-20(29)14-27/h6-9,12,15H,10-11,13-14H2,1-5H3,(H,24,29)(H,25,30). The predicted molar refractivity (Wildman–Crippen MR) is 118 cm³/mol. The van der Waals surface area contributed by atoms with E-state index in [1.165, 1.54) is 4.90 Å². The van der Waals surface area contributed by atoms with Crippen LogP contribution in [0.1, 0.15) is 72.6 Å². The van der Waals surface area contributed by atoms with Gasteiger partial charge in [0.2, 0.25) is 5.91 Å². The quantitative estimate of drug-likeness (QED) is 0.768. The average molecular weight is 426 g/mol. The van der Waals surface area contributed by atoms with Gasteiger partial charge in [-0.15, -0.1) is 0 Å². The zero-order valence-corrected chi connectivity index (χ0v) is 18.9. The lowest BCUT2D eigenvalue weighted by Gasteiger charge is -2.26. The summed E-state index contributed by atoms with van der Waals surface area (Å²) < 4.78 is 1.91. The van der Waals surface area contributed by atoms with E-state index in [1.807, 2.05) is 22.9 Å². The van der Waals surface area contributed by atoms with Gasteiger partial charge in [-0.05, 0) is 50.5 Å². The molecule has 8 nitrogen and oxygen atoms in total. The minimum absolute atomic E-state index is 0.0796. The van der Waals surface area contributed by atoms with Crippen molar-refractivity contribution < 1.29 is 14.4 Å². The highest BCUT2D eigenvalue weighted by molar-refractivity contribution is 5.97. The number of piperazine rings is 1. The van der Waals surface area contributed by atoms with Crippen molar-refractivity contribution in [2.75, 3.05) is 19.6 Å². The van der Waals surface area contributed by atoms with Crippen molar-refractivity contribution in [3.8, 4) is 0 Å². The third-order valence-corrected chi connectivity index (χ3v) is 5.18. The van der Waals surface area contributed by atoms with Gasteiger partial charge in [0.25, 0.3) is 11.8 Å². The number of nitrogens with one attached hydrogen (secondary N) is 2. The Labute approximate surface area is 183 Å². The van der Waals surface area contributed by atoms with Crippen LogP contribution in [0.25, 0.3) is 0 Å². The van der Waals surface area contributed by atoms with Gasteiger partial charge in [0.1, 0.15) is 5.69 Å². The first-order chi connectivity index (χ1) is 14.6. The van der Waals surface area contributed by atoms with Gasteiger partial charge < -0.3 is 15.5 Å². The van der Waals surface area contributed by atoms with E-state index < -0.39 is 0 Å². The van der Waals surface area contributed by atoms with Gasteiger partial charge >= 0.3 is 0 Å². The van der Waals surface area contributed by atoms with Crippen LogP contribution in [0.15, 0.2) is 30.3 Å². The summed E-state index contributed by atoms with van der Waals surface area (Å²) in [5.41, 5.74) is 2.60. The molecule has 0 bridgehead atoms. The number of aromatic nitrogens is 2. The van der Waals surface area contributed by atoms with E-state index in [-0.39, 0.29) is 35.7 Å². The fourth-order valence-electron chi connectivity index (χ4n) is 3.49. The Morgan fingerprint density at radius 3 is 2.42 bits per heavy atom. The summed E-state index contributed by atoms with van der Waals surface area (Å²) in [6.45, 7) is 11.7. The topological polar surface area (TPSA) is 96.3 Å². The van der Waals surface area contributed by atoms with Crippen LogP contribution in [0.3, 0.4) is 0 Å². The Hall–Kier alpha value is -3.16. The maximum absolute atomic E-state index is 12.7. The van der Waals surface area contributed by atoms with Gasteiger partial charge in [-0.3, -0.25) is 19.1 Å². The lowest BCUT2D eigenvalue weighted by atomic mass is 10.1. The predicted octanol–water partition coefficient (Wildman–Crippen LogP) is 2.26. The molecule has 2 aromatic rings. The summed E-state index contributed by atoms with van der Waals surface area (Å²) in [6, 6.07) is 8.92. The van der Waals surface area contributed by atoms with Gasteiger partial charge in [0, 0.05) is 30.9 Å². The molecule has 0 atom stereocenters. The van der Waals surface area contributed by atoms with Crippen LogP contribution >= 0.6 is 0 Å². The Balaban J connectivity index is 1.63. The first-order valence-electron chi connectivity index (χ1n) is 10.6. The van der Waals surface area contributed by atoms with E-state index in [0.717, 1.165) is 11.3 Å². The van der Waals surface area contributed by atoms with Crippen LogP contribution in [-0.4, -0.2) is 52.0 Å². The second kappa shape index (κ2) is 8.91. The van der Waals surface area contributed by atoms with Gasteiger partial charge in [0.05, 0.1) is 12.1 Å². The van der Waals surface area contributed by atoms with Crippen LogP contribution in [0.5, 0.6) is 0 Å². The molecule has 0 aliphatic carbocycles. The molecule has 166 valence electrons. The molecule has 2 heterocycles. The zero-order valence-electron chi connectivity index (χ0n) is 18.9. The number of benzene rings is 1. The number of amides is 3. The second-order valence-electron chi connectivity index (χ2n) is 9.15. The summed E-state index contributed by atoms with van der Waals surface area (Å²) in [6.07, 6.45) is 0. The summed E-state index contributed by atoms with van der Waals surface area (Å²) >= 11 is 0. The van der Waals surface area contributed by atoms with Crippen LogP contribution < -0.4 is 10.6 Å². The molecule has 1 aliphatic rings. The minimum Gasteiger partial charge on any atom is -0.353 e. The second-order valence-corrected chi connectivity index (χ2v) is 9.15. The van der Waals surface area contributed by atoms with E-state index in [1.54, 1.807) is 12.1 Å². The Bertz CT molecular complexity index is 970. The molecule has 3 rings (SSSR count). The number of carbonyl (C=O) groups is 3. The minimum atomic E-state index is -0.232. The summed E-state index contributed by atoms with van der Waals surface area (Å²) in [7, 11) is 0. The molecule has 1 aromatic heterocycles. The van der Waals surface area contributed by atoms with Crippen molar-refractivity contribution in [2.45, 2.75) is 52.6 Å². The van der Waals surface area contributed by atoms with E-state index >= 15 is 0 Å². The molecule has 1 fully saturated rings. The van der Waals surface area contributed by atoms with E-state index in [4.69, 9.17) is 0 Å². The number of hydrogen-bond acceptors (Lipinski definition) is 4. The first-order valence-corrected chi connectivity index (χ1v) is 10.6. The van der Waals surface area contributed by atoms with E-state index in [2.05, 4.69) is 50.4 Å². The largest absolute Gasteiger partial charge is 0.353 e. The molecule has 31 heavy (non-hydrogen) atoms. The average Bonchev–Trinajstić information content (AvgIpc) is 3.18. The SMILES string of the molecule is CC(C)c1cc(C(=O)NCc2ccc(C(=O)N3CCNC(=O)C3)cc2)nn1C(C)(C)C. The molecule has 0 radical (unpaired) electrons. The maximum atomic E-state index is 12.7. The molecule has 0 saturated carbocycles. The number of nitrogens with zero attached hydrogens (tertiary/aromatic N) is 3. The molecular formula is C23H31N5O3. The molecule has 8 heteroatoms. The lowest BCUT2D eigenvalue weighted by Crippen LogP contribution is -2.49. The monoisotopic (exact) mass is 425 g/mol. The third kappa shape index (κ3) is 5.31. The van der Waals surface area contributed by atoms with Crippen molar-refractivity contribution in [3.05, 3.63) is 52.8 Å². The van der Waals surface area contributed by atoms with Gasteiger partial charge in [-0.2, -0.15) is 5.10 Å². The number of rotatable bonds is 5. The van der Waals surface area contributed by atoms with Gasteiger partial charge in [-0.1, -0.05) is 26.0 Å². The van der Waals surface area contributed by atoms with Crippen molar-refractivity contribution in [2.24, 2.45) is 0 Å². The normalized spacial score (nSPS) is 14.5. The van der Waals surface area contributed by atoms with Crippen LogP contribution in [-0.2, 0) is 16.9 Å². The fourth-order valence-corrected chi connectivity index (χ4v) is 3.49. The van der Waals surface area contributed by atoms with E-state index in [0.29, 0.717) is 30.9 Å². The molecular weight excluding hydrogens is 394 g/mol. The Kier molecular flexibility index (Phi) is 6.48. The molecule has 1 aliphatic heterocycles. The van der Waals surface area contributed by atoms with Gasteiger partial charge in [-0.25, -0.2) is 0 Å². The smallest absolute Gasteiger partial charge is 0.272 e. The van der Waals surface area contributed by atoms with Crippen molar-refractivity contribution >= 4 is 17.7 Å². The van der Waals surface area contributed by atoms with Crippen LogP contribution in [0, 0.1) is 0 Å². The highest BCUT2D eigenvalue weighted by Gasteiger charge is 2.24. The van der Waals surface area contributed by atoms with Crippen molar-refractivity contribution in [3.63, 3.8) is 0 Å². The molecule has 0 unspecified atom stereocenters. The lowest BCUT2D eigenvalue weighted by molar-refractivity contribution is -0.123. The zero-order chi connectivity index (χ0) is 22.8. The molecule has 1 saturated heterocycles. The fraction of sp³-hybridized carbons (Fsp3) is 0.478. The highest BCUT2D eigenvalue weighted by atomic mass is 16.2. The molecule has 0 spiro atoms. The van der Waals surface area contributed by atoms with Crippen LogP contribution in [0.4, 0.5) is 0 Å². The molecule has 1 aromatic carbocycles. The molecule has 3 amide bonds. The summed E-state index contributed by atoms with van der Waals surface area (Å²) in [4.78, 5) is 38.2. The Morgan fingerprint density at radius 2 is 1.87 bits per heavy atom. The highest BCUT2D eigenvalue weighted by Crippen LogP contribution is 2.23. The van der Waals surface area contributed by atoms with Crippen molar-refractivity contribution in [1.82, 2.24) is 25.3 Å². The van der Waals surface area contributed by atoms with Crippen LogP contribution in [0.2, 0.25) is 0 Å². The third-order valence-electron chi connectivity index (χ3n) is 5.18.